The molecule has 0 saturated carbocycles. The Balaban J connectivity index is 1.72. The lowest BCUT2D eigenvalue weighted by Crippen LogP contribution is -2.33. The number of hydrogen-bond donors (Lipinski definition) is 2. The van der Waals surface area contributed by atoms with Crippen molar-refractivity contribution in [3.63, 3.8) is 0 Å². The zero-order valence-corrected chi connectivity index (χ0v) is 17.7. The number of amides is 1. The van der Waals surface area contributed by atoms with Crippen LogP contribution in [0.4, 0.5) is 11.4 Å². The molecule has 0 radical (unpaired) electrons. The van der Waals surface area contributed by atoms with Crippen LogP contribution in [0.1, 0.15) is 50.3 Å². The second kappa shape index (κ2) is 9.20. The second-order valence-electron chi connectivity index (χ2n) is 7.84. The van der Waals surface area contributed by atoms with Gasteiger partial charge in [-0.2, -0.15) is 0 Å². The van der Waals surface area contributed by atoms with Gasteiger partial charge in [0, 0.05) is 24.3 Å². The largest absolute Gasteiger partial charge is 0.356 e. The number of hydrogen-bond acceptors (Lipinski definition) is 2. The molecule has 2 aromatic carbocycles. The molecule has 0 spiro atoms. The summed E-state index contributed by atoms with van der Waals surface area (Å²) in [5.41, 5.74) is 4.19. The Hall–Kier alpha value is -2.40. The molecule has 0 unspecified atom stereocenters. The molecule has 1 saturated heterocycles. The summed E-state index contributed by atoms with van der Waals surface area (Å²) in [6.07, 6.45) is 2.54. The standard InChI is InChI=1S/C23H29N3OS/c1-16(2)14-20(18-8-5-4-6-9-18)25-23(28)24-19-12-11-17(3)21(15-19)26-13-7-10-22(26)27/h4-6,8-9,11-12,15-16,20H,7,10,13-14H2,1-3H3,(H2,24,25,28)/t20-/m0/s1. The van der Waals surface area contributed by atoms with Gasteiger partial charge in [-0.15, -0.1) is 0 Å². The number of nitrogens with one attached hydrogen (secondary N) is 2. The number of anilines is 2. The van der Waals surface area contributed by atoms with E-state index in [1.54, 1.807) is 0 Å². The summed E-state index contributed by atoms with van der Waals surface area (Å²) >= 11 is 5.60. The Morgan fingerprint density at radius 2 is 1.93 bits per heavy atom. The molecule has 5 heteroatoms. The van der Waals surface area contributed by atoms with Gasteiger partial charge >= 0.3 is 0 Å². The van der Waals surface area contributed by atoms with Crippen LogP contribution in [0.15, 0.2) is 48.5 Å². The van der Waals surface area contributed by atoms with E-state index in [4.69, 9.17) is 12.2 Å². The average molecular weight is 396 g/mol. The summed E-state index contributed by atoms with van der Waals surface area (Å²) in [7, 11) is 0. The van der Waals surface area contributed by atoms with Gasteiger partial charge in [-0.1, -0.05) is 50.2 Å². The maximum atomic E-state index is 12.1. The summed E-state index contributed by atoms with van der Waals surface area (Å²) in [6, 6.07) is 16.6. The van der Waals surface area contributed by atoms with E-state index in [1.807, 2.05) is 36.1 Å². The van der Waals surface area contributed by atoms with E-state index in [9.17, 15) is 4.79 Å². The first-order chi connectivity index (χ1) is 13.4. The minimum atomic E-state index is 0.159. The van der Waals surface area contributed by atoms with Gasteiger partial charge in [0.2, 0.25) is 5.91 Å². The van der Waals surface area contributed by atoms with Crippen LogP contribution in [0.2, 0.25) is 0 Å². The van der Waals surface area contributed by atoms with Gasteiger partial charge < -0.3 is 15.5 Å². The lowest BCUT2D eigenvalue weighted by molar-refractivity contribution is -0.117. The normalized spacial score (nSPS) is 15.0. The third-order valence-corrected chi connectivity index (χ3v) is 5.27. The van der Waals surface area contributed by atoms with Gasteiger partial charge in [0.25, 0.3) is 0 Å². The minimum Gasteiger partial charge on any atom is -0.356 e. The molecular formula is C23H29N3OS. The van der Waals surface area contributed by atoms with E-state index in [1.165, 1.54) is 5.56 Å². The maximum Gasteiger partial charge on any atom is 0.227 e. The fourth-order valence-corrected chi connectivity index (χ4v) is 3.90. The quantitative estimate of drug-likeness (QED) is 0.660. The number of carbonyl (C=O) groups is 1. The molecule has 1 aliphatic heterocycles. The van der Waals surface area contributed by atoms with Crippen molar-refractivity contribution in [3.8, 4) is 0 Å². The fourth-order valence-electron chi connectivity index (χ4n) is 3.64. The number of rotatable bonds is 6. The Bertz CT molecular complexity index is 835. The highest BCUT2D eigenvalue weighted by molar-refractivity contribution is 7.80. The average Bonchev–Trinajstić information content (AvgIpc) is 3.09. The van der Waals surface area contributed by atoms with Crippen LogP contribution < -0.4 is 15.5 Å². The van der Waals surface area contributed by atoms with Crippen LogP contribution in [-0.2, 0) is 4.79 Å². The van der Waals surface area contributed by atoms with Crippen LogP contribution in [0.3, 0.4) is 0 Å². The van der Waals surface area contributed by atoms with Gasteiger partial charge in [0.15, 0.2) is 5.11 Å². The molecule has 0 aromatic heterocycles. The third kappa shape index (κ3) is 5.10. The summed E-state index contributed by atoms with van der Waals surface area (Å²) in [5.74, 6) is 0.745. The predicted molar refractivity (Wildman–Crippen MR) is 121 cm³/mol. The lowest BCUT2D eigenvalue weighted by atomic mass is 9.97. The number of carbonyl (C=O) groups excluding carboxylic acids is 1. The van der Waals surface area contributed by atoms with Crippen molar-refractivity contribution in [1.29, 1.82) is 0 Å². The van der Waals surface area contributed by atoms with Crippen LogP contribution >= 0.6 is 12.2 Å². The van der Waals surface area contributed by atoms with Crippen LogP contribution in [-0.4, -0.2) is 17.6 Å². The molecule has 0 aliphatic carbocycles. The van der Waals surface area contributed by atoms with Crippen LogP contribution in [0.25, 0.3) is 0 Å². The SMILES string of the molecule is Cc1ccc(NC(=S)N[C@@H](CC(C)C)c2ccccc2)cc1N1CCCC1=O. The summed E-state index contributed by atoms with van der Waals surface area (Å²) in [6.45, 7) is 7.26. The number of nitrogens with zero attached hydrogens (tertiary/aromatic N) is 1. The molecule has 148 valence electrons. The molecule has 0 bridgehead atoms. The molecule has 1 amide bonds. The molecule has 3 rings (SSSR count). The predicted octanol–water partition coefficient (Wildman–Crippen LogP) is 5.20. The monoisotopic (exact) mass is 395 g/mol. The van der Waals surface area contributed by atoms with Crippen molar-refractivity contribution < 1.29 is 4.79 Å². The molecule has 2 aromatic rings. The first-order valence-corrected chi connectivity index (χ1v) is 10.4. The molecule has 4 nitrogen and oxygen atoms in total. The van der Waals surface area contributed by atoms with Crippen molar-refractivity contribution in [2.75, 3.05) is 16.8 Å². The zero-order chi connectivity index (χ0) is 20.1. The number of thiocarbonyl (C=S) groups is 1. The van der Waals surface area contributed by atoms with E-state index in [2.05, 4.69) is 48.7 Å². The third-order valence-electron chi connectivity index (χ3n) is 5.05. The summed E-state index contributed by atoms with van der Waals surface area (Å²) < 4.78 is 0. The van der Waals surface area contributed by atoms with E-state index in [0.717, 1.165) is 36.3 Å². The van der Waals surface area contributed by atoms with Crippen molar-refractivity contribution in [2.45, 2.75) is 46.1 Å². The van der Waals surface area contributed by atoms with E-state index >= 15 is 0 Å². The van der Waals surface area contributed by atoms with Gasteiger partial charge in [0.1, 0.15) is 0 Å². The first kappa shape index (κ1) is 20.3. The lowest BCUT2D eigenvalue weighted by Gasteiger charge is -2.24. The van der Waals surface area contributed by atoms with E-state index in [0.29, 0.717) is 17.5 Å². The Morgan fingerprint density at radius 1 is 1.18 bits per heavy atom. The molecule has 28 heavy (non-hydrogen) atoms. The highest BCUT2D eigenvalue weighted by atomic mass is 32.1. The van der Waals surface area contributed by atoms with Gasteiger partial charge in [0.05, 0.1) is 6.04 Å². The van der Waals surface area contributed by atoms with Crippen LogP contribution in [0, 0.1) is 12.8 Å². The fraction of sp³-hybridized carbons (Fsp3) is 0.391. The Kier molecular flexibility index (Phi) is 6.68. The maximum absolute atomic E-state index is 12.1. The van der Waals surface area contributed by atoms with Gasteiger partial charge in [-0.3, -0.25) is 4.79 Å². The Morgan fingerprint density at radius 3 is 2.57 bits per heavy atom. The molecule has 1 aliphatic rings. The Labute approximate surface area is 173 Å². The summed E-state index contributed by atoms with van der Waals surface area (Å²) in [4.78, 5) is 14.0. The van der Waals surface area contributed by atoms with Crippen molar-refractivity contribution in [1.82, 2.24) is 5.32 Å². The highest BCUT2D eigenvalue weighted by Gasteiger charge is 2.23. The summed E-state index contributed by atoms with van der Waals surface area (Å²) in [5, 5.41) is 7.36. The molecular weight excluding hydrogens is 366 g/mol. The molecule has 1 atom stereocenters. The molecule has 1 fully saturated rings. The minimum absolute atomic E-state index is 0.159. The van der Waals surface area contributed by atoms with Gasteiger partial charge in [-0.05, 0) is 61.2 Å². The number of benzene rings is 2. The topological polar surface area (TPSA) is 44.4 Å². The van der Waals surface area contributed by atoms with E-state index < -0.39 is 0 Å². The number of aryl methyl sites for hydroxylation is 1. The second-order valence-corrected chi connectivity index (χ2v) is 8.25. The molecule has 2 N–H and O–H groups in total. The zero-order valence-electron chi connectivity index (χ0n) is 16.9. The van der Waals surface area contributed by atoms with Gasteiger partial charge in [-0.25, -0.2) is 0 Å². The molecule has 1 heterocycles. The van der Waals surface area contributed by atoms with Crippen molar-refractivity contribution in [3.05, 3.63) is 59.7 Å². The van der Waals surface area contributed by atoms with Crippen molar-refractivity contribution in [2.24, 2.45) is 5.92 Å². The van der Waals surface area contributed by atoms with Crippen molar-refractivity contribution >= 4 is 34.6 Å². The van der Waals surface area contributed by atoms with E-state index in [-0.39, 0.29) is 11.9 Å². The smallest absolute Gasteiger partial charge is 0.227 e. The first-order valence-electron chi connectivity index (χ1n) is 9.97. The highest BCUT2D eigenvalue weighted by Crippen LogP contribution is 2.28. The van der Waals surface area contributed by atoms with Crippen LogP contribution in [0.5, 0.6) is 0 Å².